The molecule has 0 N–H and O–H groups in total. The molecular weight excluding hydrogens is 497 g/mol. The van der Waals surface area contributed by atoms with Crippen molar-refractivity contribution in [3.8, 4) is 11.4 Å². The lowest BCUT2D eigenvalue weighted by Gasteiger charge is -2.09. The Hall–Kier alpha value is -3.36. The molecule has 4 aromatic rings. The summed E-state index contributed by atoms with van der Waals surface area (Å²) in [5, 5.41) is 8.49. The van der Waals surface area contributed by atoms with Gasteiger partial charge in [-0.3, -0.25) is 9.59 Å². The second-order valence-electron chi connectivity index (χ2n) is 7.99. The molecule has 0 atom stereocenters. The van der Waals surface area contributed by atoms with Gasteiger partial charge in [0.05, 0.1) is 12.4 Å². The predicted octanol–water partition coefficient (Wildman–Crippen LogP) is 5.59. The molecule has 0 aliphatic carbocycles. The van der Waals surface area contributed by atoms with Gasteiger partial charge in [0.25, 0.3) is 11.1 Å². The summed E-state index contributed by atoms with van der Waals surface area (Å²) in [5.74, 6) is -1.14. The van der Waals surface area contributed by atoms with E-state index >= 15 is 0 Å². The van der Waals surface area contributed by atoms with Crippen molar-refractivity contribution < 1.29 is 8.78 Å². The zero-order valence-electron chi connectivity index (χ0n) is 19.7. The van der Waals surface area contributed by atoms with Crippen molar-refractivity contribution >= 4 is 23.2 Å². The largest absolute Gasteiger partial charge is 0.274 e. The van der Waals surface area contributed by atoms with Crippen LogP contribution in [0.2, 0.25) is 10.0 Å². The second-order valence-corrected chi connectivity index (χ2v) is 8.83. The van der Waals surface area contributed by atoms with Crippen LogP contribution in [0, 0.1) is 46.3 Å². The molecule has 2 aromatic carbocycles. The molecule has 0 saturated carbocycles. The first-order valence-corrected chi connectivity index (χ1v) is 11.2. The van der Waals surface area contributed by atoms with E-state index in [-0.39, 0.29) is 27.5 Å². The summed E-state index contributed by atoms with van der Waals surface area (Å²) in [5.41, 5.74) is 2.92. The molecule has 182 valence electrons. The fraction of sp³-hybridized carbons (Fsp3) is 0.200. The monoisotopic (exact) mass is 518 g/mol. The van der Waals surface area contributed by atoms with Crippen LogP contribution < -0.4 is 11.1 Å². The van der Waals surface area contributed by atoms with Gasteiger partial charge in [-0.2, -0.15) is 19.6 Å². The Morgan fingerprint density at radius 2 is 1.17 bits per heavy atom. The van der Waals surface area contributed by atoms with E-state index in [0.29, 0.717) is 21.7 Å². The van der Waals surface area contributed by atoms with Crippen molar-refractivity contribution in [2.45, 2.75) is 34.6 Å². The predicted molar refractivity (Wildman–Crippen MR) is 133 cm³/mol. The van der Waals surface area contributed by atoms with E-state index in [1.54, 1.807) is 40.8 Å². The summed E-state index contributed by atoms with van der Waals surface area (Å²) >= 11 is 11.5. The smallest absolute Gasteiger partial charge is 0.267 e. The Kier molecular flexibility index (Phi) is 7.87. The van der Waals surface area contributed by atoms with E-state index in [1.807, 2.05) is 0 Å². The minimum absolute atomic E-state index is 0.0995. The van der Waals surface area contributed by atoms with E-state index in [1.165, 1.54) is 30.5 Å². The van der Waals surface area contributed by atoms with E-state index < -0.39 is 11.6 Å². The average molecular weight is 519 g/mol. The second kappa shape index (κ2) is 10.5. The van der Waals surface area contributed by atoms with Crippen LogP contribution in [0.5, 0.6) is 0 Å². The summed E-state index contributed by atoms with van der Waals surface area (Å²) in [4.78, 5) is 24.0. The summed E-state index contributed by atoms with van der Waals surface area (Å²) in [6, 6.07) is 6.81. The molecule has 0 aliphatic heterocycles. The molecular formula is C25H22Cl2F2N4O2. The third-order valence-corrected chi connectivity index (χ3v) is 6.18. The maximum absolute atomic E-state index is 13.8. The molecule has 0 radical (unpaired) electrons. The molecule has 4 rings (SSSR count). The molecule has 35 heavy (non-hydrogen) atoms. The van der Waals surface area contributed by atoms with Crippen LogP contribution in [0.1, 0.15) is 27.8 Å². The van der Waals surface area contributed by atoms with Crippen LogP contribution in [0.15, 0.2) is 52.3 Å². The number of rotatable bonds is 2. The lowest BCUT2D eigenvalue weighted by Crippen LogP contribution is -2.24. The van der Waals surface area contributed by atoms with Crippen LogP contribution in [0.25, 0.3) is 11.4 Å². The number of halogens is 4. The van der Waals surface area contributed by atoms with Gasteiger partial charge in [0.1, 0.15) is 17.2 Å². The highest BCUT2D eigenvalue weighted by Gasteiger charge is 2.13. The molecule has 2 heterocycles. The van der Waals surface area contributed by atoms with Crippen LogP contribution in [0.3, 0.4) is 0 Å². The molecule has 0 fully saturated rings. The standard InChI is InChI=1S/C13H12ClFN2O.C12H10ClFN2O/c1-7-4-12(11(15)5-10(7)14)17-13(18)9(3)8(2)6-16-17;1-7-6-15-16(12(17)8(7)2)11-4-3-9(13)5-10(11)14/h4-6H,1-3H3;3-6H,1-2H3. The van der Waals surface area contributed by atoms with Crippen molar-refractivity contribution in [3.05, 3.63) is 113 Å². The van der Waals surface area contributed by atoms with Crippen molar-refractivity contribution in [3.63, 3.8) is 0 Å². The Morgan fingerprint density at radius 1 is 0.686 bits per heavy atom. The lowest BCUT2D eigenvalue weighted by atomic mass is 10.2. The van der Waals surface area contributed by atoms with Crippen LogP contribution in [-0.4, -0.2) is 19.6 Å². The number of aromatic nitrogens is 4. The molecule has 6 nitrogen and oxygen atoms in total. The fourth-order valence-electron chi connectivity index (χ4n) is 3.04. The zero-order valence-corrected chi connectivity index (χ0v) is 21.2. The van der Waals surface area contributed by atoms with E-state index in [4.69, 9.17) is 23.2 Å². The Labute approximate surface area is 210 Å². The van der Waals surface area contributed by atoms with Crippen molar-refractivity contribution in [2.75, 3.05) is 0 Å². The van der Waals surface area contributed by atoms with Crippen LogP contribution in [0.4, 0.5) is 8.78 Å². The fourth-order valence-corrected chi connectivity index (χ4v) is 3.35. The maximum atomic E-state index is 13.8. The Morgan fingerprint density at radius 3 is 1.69 bits per heavy atom. The van der Waals surface area contributed by atoms with Crippen molar-refractivity contribution in [1.82, 2.24) is 19.6 Å². The number of hydrogen-bond donors (Lipinski definition) is 0. The maximum Gasteiger partial charge on any atom is 0.274 e. The molecule has 0 unspecified atom stereocenters. The minimum atomic E-state index is -0.574. The molecule has 0 amide bonds. The quantitative estimate of drug-likeness (QED) is 0.346. The van der Waals surface area contributed by atoms with Gasteiger partial charge < -0.3 is 0 Å². The molecule has 0 bridgehead atoms. The third kappa shape index (κ3) is 5.49. The SMILES string of the molecule is Cc1cc(-n2ncc(C)c(C)c2=O)c(F)cc1Cl.Cc1cnn(-c2ccc(Cl)cc2F)c(=O)c1C. The summed E-state index contributed by atoms with van der Waals surface area (Å²) in [7, 11) is 0. The van der Waals surface area contributed by atoms with Crippen molar-refractivity contribution in [2.24, 2.45) is 0 Å². The minimum Gasteiger partial charge on any atom is -0.267 e. The highest BCUT2D eigenvalue weighted by atomic mass is 35.5. The first-order chi connectivity index (χ1) is 16.4. The van der Waals surface area contributed by atoms with Gasteiger partial charge in [0.2, 0.25) is 0 Å². The van der Waals surface area contributed by atoms with E-state index in [0.717, 1.165) is 26.6 Å². The molecule has 10 heteroatoms. The third-order valence-electron chi connectivity index (χ3n) is 5.54. The summed E-state index contributed by atoms with van der Waals surface area (Å²) in [6.07, 6.45) is 3.07. The van der Waals surface area contributed by atoms with Gasteiger partial charge in [0.15, 0.2) is 5.82 Å². The van der Waals surface area contributed by atoms with Gasteiger partial charge in [0, 0.05) is 21.2 Å². The van der Waals surface area contributed by atoms with Gasteiger partial charge in [-0.05, 0) is 81.6 Å². The van der Waals surface area contributed by atoms with E-state index in [2.05, 4.69) is 10.2 Å². The van der Waals surface area contributed by atoms with Gasteiger partial charge in [-0.1, -0.05) is 23.2 Å². The topological polar surface area (TPSA) is 69.8 Å². The summed E-state index contributed by atoms with van der Waals surface area (Å²) < 4.78 is 29.6. The Bertz CT molecular complexity index is 1550. The number of aryl methyl sites for hydroxylation is 3. The van der Waals surface area contributed by atoms with Gasteiger partial charge in [-0.25, -0.2) is 8.78 Å². The van der Waals surface area contributed by atoms with E-state index in [9.17, 15) is 18.4 Å². The first kappa shape index (κ1) is 26.2. The number of hydrogen-bond acceptors (Lipinski definition) is 4. The zero-order chi connectivity index (χ0) is 26.0. The van der Waals surface area contributed by atoms with Crippen molar-refractivity contribution in [1.29, 1.82) is 0 Å². The average Bonchev–Trinajstić information content (AvgIpc) is 2.80. The van der Waals surface area contributed by atoms with Gasteiger partial charge >= 0.3 is 0 Å². The molecule has 0 saturated heterocycles. The molecule has 0 spiro atoms. The first-order valence-electron chi connectivity index (χ1n) is 10.4. The normalized spacial score (nSPS) is 10.7. The molecule has 0 aliphatic rings. The Balaban J connectivity index is 0.000000196. The van der Waals surface area contributed by atoms with Crippen LogP contribution in [-0.2, 0) is 0 Å². The molecule has 2 aromatic heterocycles. The highest BCUT2D eigenvalue weighted by molar-refractivity contribution is 6.31. The summed E-state index contributed by atoms with van der Waals surface area (Å²) in [6.45, 7) is 8.70. The van der Waals surface area contributed by atoms with Crippen LogP contribution >= 0.6 is 23.2 Å². The number of nitrogens with zero attached hydrogens (tertiary/aromatic N) is 4. The van der Waals surface area contributed by atoms with Gasteiger partial charge in [-0.15, -0.1) is 0 Å². The highest BCUT2D eigenvalue weighted by Crippen LogP contribution is 2.21. The number of benzene rings is 2. The lowest BCUT2D eigenvalue weighted by molar-refractivity contribution is 0.603.